The quantitative estimate of drug-likeness (QED) is 0.446. The molecule has 0 spiro atoms. The average molecular weight is 457 g/mol. The van der Waals surface area contributed by atoms with Gasteiger partial charge in [0, 0.05) is 55.3 Å². The molecule has 1 unspecified atom stereocenters. The summed E-state index contributed by atoms with van der Waals surface area (Å²) < 4.78 is 5.08. The molecule has 4 rings (SSSR count). The van der Waals surface area contributed by atoms with Gasteiger partial charge in [-0.3, -0.25) is 9.59 Å². The highest BCUT2D eigenvalue weighted by Crippen LogP contribution is 2.33. The number of carbonyl (C=O) groups is 2. The highest BCUT2D eigenvalue weighted by molar-refractivity contribution is 7.14. The molecule has 0 aromatic carbocycles. The normalized spacial score (nSPS) is 16.3. The monoisotopic (exact) mass is 456 g/mol. The summed E-state index contributed by atoms with van der Waals surface area (Å²) in [5, 5.41) is 12.8. The number of nitrogens with zero attached hydrogens (tertiary/aromatic N) is 3. The van der Waals surface area contributed by atoms with Gasteiger partial charge in [0.25, 0.3) is 0 Å². The number of thiazole rings is 1. The zero-order valence-electron chi connectivity index (χ0n) is 18.5. The molecule has 1 aliphatic heterocycles. The minimum Gasteiger partial charge on any atom is -0.361 e. The van der Waals surface area contributed by atoms with Crippen molar-refractivity contribution in [2.24, 2.45) is 0 Å². The summed E-state index contributed by atoms with van der Waals surface area (Å²) >= 11 is 1.52. The molecule has 0 saturated carbocycles. The van der Waals surface area contributed by atoms with Crippen molar-refractivity contribution in [1.82, 2.24) is 25.8 Å². The first-order chi connectivity index (χ1) is 15.5. The second kappa shape index (κ2) is 9.66. The Balaban J connectivity index is 1.51. The number of aromatic nitrogens is 3. The molecular weight excluding hydrogens is 428 g/mol. The zero-order valence-corrected chi connectivity index (χ0v) is 19.3. The lowest BCUT2D eigenvalue weighted by Gasteiger charge is -2.34. The Bertz CT molecular complexity index is 1090. The van der Waals surface area contributed by atoms with Gasteiger partial charge in [0.2, 0.25) is 5.91 Å². The lowest BCUT2D eigenvalue weighted by atomic mass is 10.0. The van der Waals surface area contributed by atoms with Gasteiger partial charge in [-0.05, 0) is 25.8 Å². The van der Waals surface area contributed by atoms with E-state index in [1.54, 1.807) is 19.2 Å². The zero-order chi connectivity index (χ0) is 22.7. The number of rotatable bonds is 8. The van der Waals surface area contributed by atoms with Crippen molar-refractivity contribution in [2.45, 2.75) is 39.7 Å². The van der Waals surface area contributed by atoms with Gasteiger partial charge in [-0.15, -0.1) is 11.3 Å². The van der Waals surface area contributed by atoms with Crippen molar-refractivity contribution < 1.29 is 14.1 Å². The molecule has 1 fully saturated rings. The molecule has 3 aromatic heterocycles. The number of Topliss-reactive ketones (excluding diaryl/α,β-unsaturated/α-hetero) is 1. The average Bonchev–Trinajstić information content (AvgIpc) is 3.53. The number of hydrogen-bond acceptors (Lipinski definition) is 8. The molecule has 170 valence electrons. The topological polar surface area (TPSA) is 116 Å². The molecule has 0 radical (unpaired) electrons. The largest absolute Gasteiger partial charge is 0.361 e. The predicted octanol–water partition coefficient (Wildman–Crippen LogP) is 2.34. The van der Waals surface area contributed by atoms with Crippen molar-refractivity contribution in [2.75, 3.05) is 31.1 Å². The van der Waals surface area contributed by atoms with Crippen molar-refractivity contribution in [1.29, 1.82) is 0 Å². The van der Waals surface area contributed by atoms with Gasteiger partial charge in [-0.2, -0.15) is 0 Å². The number of anilines is 1. The molecule has 0 aliphatic carbocycles. The van der Waals surface area contributed by atoms with Gasteiger partial charge < -0.3 is 25.0 Å². The summed E-state index contributed by atoms with van der Waals surface area (Å²) in [7, 11) is 0. The van der Waals surface area contributed by atoms with Gasteiger partial charge in [0.1, 0.15) is 17.5 Å². The number of H-pyrrole nitrogens is 1. The maximum absolute atomic E-state index is 12.9. The van der Waals surface area contributed by atoms with Crippen LogP contribution in [0.15, 0.2) is 22.2 Å². The van der Waals surface area contributed by atoms with Crippen LogP contribution in [-0.4, -0.2) is 59.0 Å². The standard InChI is InChI=1S/C22H28N6O3S/c1-4-16-19(14(3)29)13(2)26-20(16)17-12-32-22(27-17)28-10-9-23-11-18(28)21(30)24-7-5-15-6-8-25-31-15/h6,8,12,18,23,26H,4-5,7,9-11H2,1-3H3,(H,24,30). The molecule has 1 aliphatic rings. The molecule has 1 saturated heterocycles. The summed E-state index contributed by atoms with van der Waals surface area (Å²) in [5.41, 5.74) is 4.31. The van der Waals surface area contributed by atoms with E-state index in [1.165, 1.54) is 11.3 Å². The summed E-state index contributed by atoms with van der Waals surface area (Å²) in [6, 6.07) is 1.45. The third kappa shape index (κ3) is 4.46. The molecule has 3 aromatic rings. The van der Waals surface area contributed by atoms with Gasteiger partial charge in [0.15, 0.2) is 10.9 Å². The third-order valence-corrected chi connectivity index (χ3v) is 6.58. The Hall–Kier alpha value is -2.98. The van der Waals surface area contributed by atoms with E-state index < -0.39 is 0 Å². The molecule has 1 atom stereocenters. The Morgan fingerprint density at radius 2 is 2.25 bits per heavy atom. The van der Waals surface area contributed by atoms with Gasteiger partial charge in [-0.25, -0.2) is 4.98 Å². The van der Waals surface area contributed by atoms with Gasteiger partial charge >= 0.3 is 0 Å². The minimum atomic E-state index is -0.346. The van der Waals surface area contributed by atoms with Crippen molar-refractivity contribution in [3.05, 3.63) is 40.2 Å². The van der Waals surface area contributed by atoms with Crippen LogP contribution in [0.4, 0.5) is 5.13 Å². The van der Waals surface area contributed by atoms with E-state index in [4.69, 9.17) is 9.51 Å². The number of aryl methyl sites for hydroxylation is 1. The smallest absolute Gasteiger partial charge is 0.244 e. The molecule has 9 nitrogen and oxygen atoms in total. The molecule has 10 heteroatoms. The first-order valence-corrected chi connectivity index (χ1v) is 11.7. The second-order valence-electron chi connectivity index (χ2n) is 7.84. The van der Waals surface area contributed by atoms with Crippen LogP contribution < -0.4 is 15.5 Å². The summed E-state index contributed by atoms with van der Waals surface area (Å²) in [6.07, 6.45) is 2.93. The predicted molar refractivity (Wildman–Crippen MR) is 123 cm³/mol. The number of ketones is 1. The van der Waals surface area contributed by atoms with Crippen LogP contribution >= 0.6 is 11.3 Å². The SMILES string of the molecule is CCc1c(-c2csc(N3CCNCC3C(=O)NCCc3ccno3)n2)[nH]c(C)c1C(C)=O. The van der Waals surface area contributed by atoms with Gasteiger partial charge in [0.05, 0.1) is 11.9 Å². The Morgan fingerprint density at radius 3 is 2.97 bits per heavy atom. The first kappa shape index (κ1) is 22.2. The van der Waals surface area contributed by atoms with Crippen LogP contribution in [0.25, 0.3) is 11.4 Å². The summed E-state index contributed by atoms with van der Waals surface area (Å²) in [6.45, 7) is 8.07. The number of carbonyl (C=O) groups excluding carboxylic acids is 2. The number of nitrogens with one attached hydrogen (secondary N) is 3. The molecule has 4 heterocycles. The lowest BCUT2D eigenvalue weighted by Crippen LogP contribution is -2.58. The number of amides is 1. The minimum absolute atomic E-state index is 0.0442. The van der Waals surface area contributed by atoms with Crippen molar-refractivity contribution in [3.8, 4) is 11.4 Å². The lowest BCUT2D eigenvalue weighted by molar-refractivity contribution is -0.122. The molecule has 32 heavy (non-hydrogen) atoms. The highest BCUT2D eigenvalue weighted by atomic mass is 32.1. The Morgan fingerprint density at radius 1 is 1.41 bits per heavy atom. The van der Waals surface area contributed by atoms with E-state index in [0.29, 0.717) is 26.1 Å². The van der Waals surface area contributed by atoms with Crippen molar-refractivity contribution in [3.63, 3.8) is 0 Å². The van der Waals surface area contributed by atoms with E-state index in [0.717, 1.165) is 52.1 Å². The molecule has 3 N–H and O–H groups in total. The summed E-state index contributed by atoms with van der Waals surface area (Å²) in [5.74, 6) is 0.755. The molecular formula is C22H28N6O3S. The number of aromatic amines is 1. The van der Waals surface area contributed by atoms with Crippen molar-refractivity contribution >= 4 is 28.2 Å². The van der Waals surface area contributed by atoms with E-state index in [-0.39, 0.29) is 17.7 Å². The van der Waals surface area contributed by atoms with E-state index >= 15 is 0 Å². The fraction of sp³-hybridized carbons (Fsp3) is 0.455. The van der Waals surface area contributed by atoms with Crippen LogP contribution in [0.5, 0.6) is 0 Å². The molecule has 1 amide bonds. The Kier molecular flexibility index (Phi) is 6.71. The van der Waals surface area contributed by atoms with Crippen LogP contribution in [0, 0.1) is 6.92 Å². The Labute approximate surface area is 190 Å². The van der Waals surface area contributed by atoms with Crippen LogP contribution in [-0.2, 0) is 17.6 Å². The fourth-order valence-electron chi connectivity index (χ4n) is 4.20. The van der Waals surface area contributed by atoms with Crippen LogP contribution in [0.3, 0.4) is 0 Å². The highest BCUT2D eigenvalue weighted by Gasteiger charge is 2.31. The number of hydrogen-bond donors (Lipinski definition) is 3. The molecule has 0 bridgehead atoms. The van der Waals surface area contributed by atoms with Crippen LogP contribution in [0.2, 0.25) is 0 Å². The van der Waals surface area contributed by atoms with E-state index in [2.05, 4.69) is 25.7 Å². The third-order valence-electron chi connectivity index (χ3n) is 5.70. The maximum Gasteiger partial charge on any atom is 0.244 e. The maximum atomic E-state index is 12.9. The summed E-state index contributed by atoms with van der Waals surface area (Å²) in [4.78, 5) is 35.3. The van der Waals surface area contributed by atoms with E-state index in [9.17, 15) is 9.59 Å². The van der Waals surface area contributed by atoms with Crippen LogP contribution in [0.1, 0.15) is 41.2 Å². The van der Waals surface area contributed by atoms with Gasteiger partial charge in [-0.1, -0.05) is 12.1 Å². The van der Waals surface area contributed by atoms with E-state index in [1.807, 2.05) is 19.2 Å². The second-order valence-corrected chi connectivity index (χ2v) is 8.67. The fourth-order valence-corrected chi connectivity index (χ4v) is 5.09. The number of piperazine rings is 1. The first-order valence-electron chi connectivity index (χ1n) is 10.8.